The third-order valence-electron chi connectivity index (χ3n) is 6.42. The van der Waals surface area contributed by atoms with E-state index in [0.717, 1.165) is 5.56 Å². The number of para-hydroxylation sites is 2. The van der Waals surface area contributed by atoms with Crippen LogP contribution in [-0.4, -0.2) is 28.9 Å². The van der Waals surface area contributed by atoms with E-state index in [4.69, 9.17) is 14.4 Å². The van der Waals surface area contributed by atoms with Gasteiger partial charge in [-0.25, -0.2) is 18.4 Å². The van der Waals surface area contributed by atoms with Crippen LogP contribution in [0.25, 0.3) is 22.2 Å². The summed E-state index contributed by atoms with van der Waals surface area (Å²) in [6, 6.07) is 27.6. The Morgan fingerprint density at radius 2 is 1.47 bits per heavy atom. The molecule has 1 N–H and O–H groups in total. The van der Waals surface area contributed by atoms with Crippen molar-refractivity contribution in [1.29, 1.82) is 0 Å². The van der Waals surface area contributed by atoms with Gasteiger partial charge in [-0.1, -0.05) is 60.7 Å². The molecule has 0 aliphatic heterocycles. The van der Waals surface area contributed by atoms with Gasteiger partial charge in [-0.2, -0.15) is 0 Å². The Hall–Kier alpha value is -4.76. The summed E-state index contributed by atoms with van der Waals surface area (Å²) in [5.74, 6) is -0.478. The molecule has 188 valence electrons. The van der Waals surface area contributed by atoms with Crippen molar-refractivity contribution in [2.75, 3.05) is 5.32 Å². The summed E-state index contributed by atoms with van der Waals surface area (Å²) >= 11 is 0. The number of benzene rings is 3. The molecular formula is C29H22N4O4S. The number of nitrogens with zero attached hydrogens (tertiary/aromatic N) is 3. The first-order valence-electron chi connectivity index (χ1n) is 12.0. The largest absolute Gasteiger partial charge is 0.459 e. The first-order chi connectivity index (χ1) is 18.4. The number of anilines is 1. The van der Waals surface area contributed by atoms with Gasteiger partial charge in [-0.05, 0) is 48.9 Å². The van der Waals surface area contributed by atoms with Crippen LogP contribution in [0.4, 0.5) is 5.82 Å². The lowest BCUT2D eigenvalue weighted by molar-refractivity contribution is 0.0995. The van der Waals surface area contributed by atoms with E-state index >= 15 is 0 Å². The molecule has 3 heterocycles. The zero-order valence-electron chi connectivity index (χ0n) is 20.3. The monoisotopic (exact) mass is 522 g/mol. The van der Waals surface area contributed by atoms with Gasteiger partial charge < -0.3 is 14.3 Å². The van der Waals surface area contributed by atoms with Crippen LogP contribution in [0.2, 0.25) is 0 Å². The molecule has 3 aromatic carbocycles. The van der Waals surface area contributed by atoms with Gasteiger partial charge in [0.05, 0.1) is 28.2 Å². The summed E-state index contributed by atoms with van der Waals surface area (Å²) < 4.78 is 35.4. The van der Waals surface area contributed by atoms with Gasteiger partial charge in [-0.3, -0.25) is 4.79 Å². The number of furan rings is 1. The predicted octanol–water partition coefficient (Wildman–Crippen LogP) is 5.87. The Morgan fingerprint density at radius 3 is 2.13 bits per heavy atom. The van der Waals surface area contributed by atoms with E-state index in [0.29, 0.717) is 16.7 Å². The van der Waals surface area contributed by atoms with E-state index in [1.807, 2.05) is 55.5 Å². The van der Waals surface area contributed by atoms with Crippen molar-refractivity contribution < 1.29 is 17.6 Å². The van der Waals surface area contributed by atoms with Crippen molar-refractivity contribution in [3.63, 3.8) is 0 Å². The molecule has 0 saturated heterocycles. The summed E-state index contributed by atoms with van der Waals surface area (Å²) in [5.41, 5.74) is 2.55. The minimum atomic E-state index is -4.14. The number of rotatable bonds is 6. The maximum atomic E-state index is 14.2. The molecule has 38 heavy (non-hydrogen) atoms. The number of sulfone groups is 1. The predicted molar refractivity (Wildman–Crippen MR) is 144 cm³/mol. The second-order valence-electron chi connectivity index (χ2n) is 8.77. The molecular weight excluding hydrogens is 500 g/mol. The Morgan fingerprint density at radius 1 is 0.842 bits per heavy atom. The third kappa shape index (κ3) is 3.93. The topological polar surface area (TPSA) is 107 Å². The van der Waals surface area contributed by atoms with Crippen LogP contribution in [0.15, 0.2) is 118 Å². The fourth-order valence-electron chi connectivity index (χ4n) is 4.56. The maximum absolute atomic E-state index is 14.2. The highest BCUT2D eigenvalue weighted by Crippen LogP contribution is 2.40. The fourth-order valence-corrected chi connectivity index (χ4v) is 6.11. The standard InChI is InChI=1S/C29H22N4O4S/c1-19(20-11-4-2-5-12-20)33-27-25(30-22-15-8-9-16-23(22)31-27)26(38(35,36)21-13-6-3-7-14-21)28(33)32-29(34)24-17-10-18-37-24/h2-19H,1H3,(H,32,34). The lowest BCUT2D eigenvalue weighted by Gasteiger charge is -2.19. The highest BCUT2D eigenvalue weighted by atomic mass is 32.2. The number of hydrogen-bond acceptors (Lipinski definition) is 6. The van der Waals surface area contributed by atoms with Gasteiger partial charge in [0.1, 0.15) is 16.2 Å². The number of carbonyl (C=O) groups excluding carboxylic acids is 1. The lowest BCUT2D eigenvalue weighted by Crippen LogP contribution is -2.19. The third-order valence-corrected chi connectivity index (χ3v) is 8.24. The highest BCUT2D eigenvalue weighted by Gasteiger charge is 2.34. The summed E-state index contributed by atoms with van der Waals surface area (Å²) in [4.78, 5) is 22.8. The van der Waals surface area contributed by atoms with Gasteiger partial charge >= 0.3 is 0 Å². The number of hydrogen-bond donors (Lipinski definition) is 1. The molecule has 1 unspecified atom stereocenters. The Bertz CT molecular complexity index is 1880. The van der Waals surface area contributed by atoms with Crippen LogP contribution in [-0.2, 0) is 9.84 Å². The molecule has 0 fully saturated rings. The average Bonchev–Trinajstić information content (AvgIpc) is 3.59. The highest BCUT2D eigenvalue weighted by molar-refractivity contribution is 7.92. The average molecular weight is 523 g/mol. The van der Waals surface area contributed by atoms with E-state index in [2.05, 4.69) is 5.32 Å². The van der Waals surface area contributed by atoms with E-state index in [9.17, 15) is 13.2 Å². The van der Waals surface area contributed by atoms with Crippen molar-refractivity contribution in [3.8, 4) is 0 Å². The van der Waals surface area contributed by atoms with Crippen LogP contribution < -0.4 is 5.32 Å². The number of fused-ring (bicyclic) bond motifs is 2. The first kappa shape index (κ1) is 23.6. The van der Waals surface area contributed by atoms with Crippen molar-refractivity contribution in [2.24, 2.45) is 0 Å². The molecule has 1 amide bonds. The van der Waals surface area contributed by atoms with Gasteiger partial charge in [0.25, 0.3) is 5.91 Å². The molecule has 0 bridgehead atoms. The van der Waals surface area contributed by atoms with Gasteiger partial charge in [0, 0.05) is 0 Å². The van der Waals surface area contributed by atoms with Crippen LogP contribution in [0.3, 0.4) is 0 Å². The fraction of sp³-hybridized carbons (Fsp3) is 0.0690. The van der Waals surface area contributed by atoms with Crippen molar-refractivity contribution in [3.05, 3.63) is 115 Å². The van der Waals surface area contributed by atoms with E-state index < -0.39 is 21.8 Å². The van der Waals surface area contributed by atoms with Gasteiger partial charge in [0.2, 0.25) is 9.84 Å². The minimum absolute atomic E-state index is 0.0447. The van der Waals surface area contributed by atoms with Crippen molar-refractivity contribution in [1.82, 2.24) is 14.5 Å². The number of aromatic nitrogens is 3. The Balaban J connectivity index is 1.72. The molecule has 0 aliphatic rings. The Kier molecular flexibility index (Phi) is 5.77. The molecule has 0 aliphatic carbocycles. The molecule has 8 nitrogen and oxygen atoms in total. The SMILES string of the molecule is CC(c1ccccc1)n1c(NC(=O)c2ccco2)c(S(=O)(=O)c2ccccc2)c2nc3ccccc3nc21. The van der Waals surface area contributed by atoms with E-state index in [-0.39, 0.29) is 26.9 Å². The first-order valence-corrected chi connectivity index (χ1v) is 13.4. The van der Waals surface area contributed by atoms with E-state index in [1.165, 1.54) is 24.5 Å². The molecule has 9 heteroatoms. The van der Waals surface area contributed by atoms with Crippen LogP contribution in [0, 0.1) is 0 Å². The summed E-state index contributed by atoms with van der Waals surface area (Å²) in [7, 11) is -4.14. The van der Waals surface area contributed by atoms with Gasteiger partial charge in [0.15, 0.2) is 11.4 Å². The normalized spacial score (nSPS) is 12.6. The summed E-state index contributed by atoms with van der Waals surface area (Å²) in [5, 5.41) is 2.82. The Labute approximate surface area is 218 Å². The molecule has 0 radical (unpaired) electrons. The lowest BCUT2D eigenvalue weighted by atomic mass is 10.1. The van der Waals surface area contributed by atoms with Crippen LogP contribution in [0.5, 0.6) is 0 Å². The smallest absolute Gasteiger partial charge is 0.292 e. The number of amides is 1. The number of carbonyl (C=O) groups is 1. The molecule has 0 spiro atoms. The summed E-state index contributed by atoms with van der Waals surface area (Å²) in [6.45, 7) is 1.92. The van der Waals surface area contributed by atoms with Crippen molar-refractivity contribution >= 4 is 43.8 Å². The second kappa shape index (κ2) is 9.28. The molecule has 6 aromatic rings. The van der Waals surface area contributed by atoms with Crippen molar-refractivity contribution in [2.45, 2.75) is 22.8 Å². The quantitative estimate of drug-likeness (QED) is 0.293. The molecule has 6 rings (SSSR count). The molecule has 3 aromatic heterocycles. The number of nitrogens with one attached hydrogen (secondary N) is 1. The molecule has 0 saturated carbocycles. The maximum Gasteiger partial charge on any atom is 0.292 e. The second-order valence-corrected chi connectivity index (χ2v) is 10.7. The van der Waals surface area contributed by atoms with E-state index in [1.54, 1.807) is 34.9 Å². The zero-order valence-corrected chi connectivity index (χ0v) is 21.1. The van der Waals surface area contributed by atoms with Crippen LogP contribution >= 0.6 is 0 Å². The zero-order chi connectivity index (χ0) is 26.3. The van der Waals surface area contributed by atoms with Crippen LogP contribution in [0.1, 0.15) is 29.1 Å². The minimum Gasteiger partial charge on any atom is -0.459 e. The molecule has 1 atom stereocenters. The van der Waals surface area contributed by atoms with Gasteiger partial charge in [-0.15, -0.1) is 0 Å². The summed E-state index contributed by atoms with van der Waals surface area (Å²) in [6.07, 6.45) is 1.38.